The summed E-state index contributed by atoms with van der Waals surface area (Å²) in [6, 6.07) is 8.33. The Labute approximate surface area is 174 Å². The van der Waals surface area contributed by atoms with Gasteiger partial charge >= 0.3 is 12.1 Å². The summed E-state index contributed by atoms with van der Waals surface area (Å²) >= 11 is 0. The van der Waals surface area contributed by atoms with E-state index in [4.69, 9.17) is 4.74 Å². The topological polar surface area (TPSA) is 116 Å². The van der Waals surface area contributed by atoms with Crippen molar-refractivity contribution in [3.05, 3.63) is 69.3 Å². The van der Waals surface area contributed by atoms with Gasteiger partial charge in [-0.25, -0.2) is 0 Å². The number of nitrogens with one attached hydrogen (secondary N) is 1. The lowest BCUT2D eigenvalue weighted by Gasteiger charge is -2.10. The maximum absolute atomic E-state index is 12.7. The third kappa shape index (κ3) is 6.91. The Kier molecular flexibility index (Phi) is 7.46. The molecule has 0 saturated carbocycles. The molecule has 0 radical (unpaired) electrons. The van der Waals surface area contributed by atoms with Crippen molar-refractivity contribution in [1.29, 1.82) is 0 Å². The monoisotopic (exact) mass is 438 g/mol. The molecule has 0 unspecified atom stereocenters. The molecule has 2 aromatic carbocycles. The molecule has 2 aromatic rings. The van der Waals surface area contributed by atoms with E-state index in [2.05, 4.69) is 0 Å². The van der Waals surface area contributed by atoms with Crippen LogP contribution in [0.2, 0.25) is 0 Å². The minimum absolute atomic E-state index is 0.145. The summed E-state index contributed by atoms with van der Waals surface area (Å²) in [5.74, 6) is -2.12. The Balaban J connectivity index is 1.88. The molecule has 1 N–H and O–H groups in total. The van der Waals surface area contributed by atoms with E-state index in [9.17, 15) is 37.7 Å². The number of aryl methyl sites for hydroxylation is 1. The van der Waals surface area contributed by atoms with Gasteiger partial charge < -0.3 is 10.1 Å². The van der Waals surface area contributed by atoms with Gasteiger partial charge in [-0.2, -0.15) is 13.2 Å². The zero-order chi connectivity index (χ0) is 23.2. The molecule has 0 bridgehead atoms. The largest absolute Gasteiger partial charge is 0.456 e. The highest BCUT2D eigenvalue weighted by Crippen LogP contribution is 2.34. The van der Waals surface area contributed by atoms with E-state index in [0.29, 0.717) is 11.6 Å². The summed E-state index contributed by atoms with van der Waals surface area (Å²) in [6.07, 6.45) is -5.23. The van der Waals surface area contributed by atoms with Crippen molar-refractivity contribution in [2.24, 2.45) is 0 Å². The van der Waals surface area contributed by atoms with E-state index in [1.807, 2.05) is 12.2 Å². The van der Waals surface area contributed by atoms with E-state index >= 15 is 0 Å². The van der Waals surface area contributed by atoms with Crippen LogP contribution in [0.5, 0.6) is 0 Å². The van der Waals surface area contributed by atoms with E-state index < -0.39 is 46.5 Å². The van der Waals surface area contributed by atoms with Gasteiger partial charge in [0, 0.05) is 18.1 Å². The van der Waals surface area contributed by atoms with Gasteiger partial charge in [0.2, 0.25) is 0 Å². The van der Waals surface area contributed by atoms with E-state index in [1.165, 1.54) is 0 Å². The minimum atomic E-state index is -4.79. The molecule has 8 nitrogen and oxygen atoms in total. The van der Waals surface area contributed by atoms with Gasteiger partial charge in [-0.1, -0.05) is 29.8 Å². The van der Waals surface area contributed by atoms with E-state index in [1.54, 1.807) is 24.3 Å². The summed E-state index contributed by atoms with van der Waals surface area (Å²) in [6.45, 7) is 1.03. The maximum atomic E-state index is 12.7. The Morgan fingerprint density at radius 2 is 1.71 bits per heavy atom. The molecular weight excluding hydrogens is 421 g/mol. The first-order valence-electron chi connectivity index (χ1n) is 8.88. The summed E-state index contributed by atoms with van der Waals surface area (Å²) in [7, 11) is 0. The Hall–Kier alpha value is -3.76. The minimum Gasteiger partial charge on any atom is -0.456 e. The van der Waals surface area contributed by atoms with E-state index in [-0.39, 0.29) is 24.7 Å². The Morgan fingerprint density at radius 1 is 1.06 bits per heavy atom. The average Bonchev–Trinajstić information content (AvgIpc) is 2.70. The number of ether oxygens (including phenoxy) is 1. The maximum Gasteiger partial charge on any atom is 0.416 e. The zero-order valence-electron chi connectivity index (χ0n) is 16.2. The number of halogens is 3. The van der Waals surface area contributed by atoms with Gasteiger partial charge in [-0.15, -0.1) is 0 Å². The standard InChI is InChI=1S/C20H17F3N2O6/c1-12-2-4-13(5-3-12)17(26)8-9-19(28)31-11-18(27)24-15-7-6-14(20(21,22)23)10-16(15)25(29)30/h2-7,10H,8-9,11H2,1H3,(H,24,27). The number of ketones is 1. The first-order chi connectivity index (χ1) is 14.5. The van der Waals surface area contributed by atoms with E-state index in [0.717, 1.165) is 11.6 Å². The summed E-state index contributed by atoms with van der Waals surface area (Å²) < 4.78 is 42.8. The highest BCUT2D eigenvalue weighted by atomic mass is 19.4. The first-order valence-corrected chi connectivity index (χ1v) is 8.88. The number of anilines is 1. The van der Waals surface area contributed by atoms with Crippen LogP contribution in [-0.4, -0.2) is 29.2 Å². The fraction of sp³-hybridized carbons (Fsp3) is 0.250. The number of nitrogens with zero attached hydrogens (tertiary/aromatic N) is 1. The molecule has 164 valence electrons. The fourth-order valence-corrected chi connectivity index (χ4v) is 2.47. The molecule has 1 amide bonds. The van der Waals surface area contributed by atoms with Crippen LogP contribution in [0.25, 0.3) is 0 Å². The number of benzene rings is 2. The van der Waals surface area contributed by atoms with Gasteiger partial charge in [0.1, 0.15) is 5.69 Å². The van der Waals surface area contributed by atoms with Gasteiger partial charge in [-0.3, -0.25) is 24.5 Å². The highest BCUT2D eigenvalue weighted by Gasteiger charge is 2.33. The lowest BCUT2D eigenvalue weighted by atomic mass is 10.1. The number of nitro groups is 1. The summed E-state index contributed by atoms with van der Waals surface area (Å²) in [4.78, 5) is 45.5. The highest BCUT2D eigenvalue weighted by molar-refractivity contribution is 5.98. The molecule has 0 atom stereocenters. The quantitative estimate of drug-likeness (QED) is 0.288. The lowest BCUT2D eigenvalue weighted by Crippen LogP contribution is -2.22. The second-order valence-corrected chi connectivity index (χ2v) is 6.48. The van der Waals surface area contributed by atoms with Gasteiger partial charge in [0.15, 0.2) is 12.4 Å². The molecule has 2 rings (SSSR count). The van der Waals surface area contributed by atoms with Crippen LogP contribution < -0.4 is 5.32 Å². The second-order valence-electron chi connectivity index (χ2n) is 6.48. The number of carbonyl (C=O) groups excluding carboxylic acids is 3. The molecule has 0 aliphatic carbocycles. The molecule has 0 saturated heterocycles. The normalized spacial score (nSPS) is 11.0. The van der Waals surface area contributed by atoms with Crippen LogP contribution in [0.4, 0.5) is 24.5 Å². The third-order valence-corrected chi connectivity index (χ3v) is 4.09. The van der Waals surface area contributed by atoms with Crippen LogP contribution in [0.15, 0.2) is 42.5 Å². The lowest BCUT2D eigenvalue weighted by molar-refractivity contribution is -0.384. The van der Waals surface area contributed by atoms with Crippen molar-refractivity contribution < 1.29 is 37.2 Å². The summed E-state index contributed by atoms with van der Waals surface area (Å²) in [5.41, 5.74) is -1.30. The Morgan fingerprint density at radius 3 is 2.29 bits per heavy atom. The number of alkyl halides is 3. The van der Waals surface area contributed by atoms with Crippen molar-refractivity contribution in [1.82, 2.24) is 0 Å². The van der Waals surface area contributed by atoms with Crippen molar-refractivity contribution in [2.75, 3.05) is 11.9 Å². The van der Waals surface area contributed by atoms with Gasteiger partial charge in [0.05, 0.1) is 16.9 Å². The summed E-state index contributed by atoms with van der Waals surface area (Å²) in [5, 5.41) is 13.0. The van der Waals surface area contributed by atoms with Crippen LogP contribution in [-0.2, 0) is 20.5 Å². The molecule has 0 spiro atoms. The predicted molar refractivity (Wildman–Crippen MR) is 102 cm³/mol. The molecule has 0 fully saturated rings. The number of amides is 1. The Bertz CT molecular complexity index is 1000. The average molecular weight is 438 g/mol. The number of Topliss-reactive ketones (excluding diaryl/α,β-unsaturated/α-hetero) is 1. The molecule has 11 heteroatoms. The molecule has 0 aromatic heterocycles. The van der Waals surface area contributed by atoms with Crippen molar-refractivity contribution in [3.63, 3.8) is 0 Å². The number of hydrogen-bond donors (Lipinski definition) is 1. The molecule has 31 heavy (non-hydrogen) atoms. The smallest absolute Gasteiger partial charge is 0.416 e. The van der Waals surface area contributed by atoms with Crippen LogP contribution in [0.3, 0.4) is 0 Å². The molecule has 0 aliphatic rings. The number of rotatable bonds is 8. The SMILES string of the molecule is Cc1ccc(C(=O)CCC(=O)OCC(=O)Nc2ccc(C(F)(F)F)cc2[N+](=O)[O-])cc1. The first kappa shape index (κ1) is 23.5. The van der Waals surface area contributed by atoms with Gasteiger partial charge in [-0.05, 0) is 19.1 Å². The number of hydrogen-bond acceptors (Lipinski definition) is 6. The third-order valence-electron chi connectivity index (χ3n) is 4.09. The van der Waals surface area contributed by atoms with Crippen molar-refractivity contribution in [3.8, 4) is 0 Å². The number of carbonyl (C=O) groups is 3. The molecule has 0 aliphatic heterocycles. The van der Waals surface area contributed by atoms with Gasteiger partial charge in [0.25, 0.3) is 11.6 Å². The van der Waals surface area contributed by atoms with Crippen molar-refractivity contribution in [2.45, 2.75) is 25.9 Å². The fourth-order valence-electron chi connectivity index (χ4n) is 2.47. The molecule has 0 heterocycles. The van der Waals surface area contributed by atoms with Crippen LogP contribution >= 0.6 is 0 Å². The number of nitro benzene ring substituents is 1. The van der Waals surface area contributed by atoms with Crippen LogP contribution in [0.1, 0.15) is 34.3 Å². The second kappa shape index (κ2) is 9.83. The zero-order valence-corrected chi connectivity index (χ0v) is 16.2. The van der Waals surface area contributed by atoms with Crippen molar-refractivity contribution >= 4 is 29.0 Å². The molecular formula is C20H17F3N2O6. The predicted octanol–water partition coefficient (Wildman–Crippen LogP) is 4.07. The van der Waals surface area contributed by atoms with Crippen LogP contribution in [0, 0.1) is 17.0 Å². The number of esters is 1.